The lowest BCUT2D eigenvalue weighted by molar-refractivity contribution is -0.152. The van der Waals surface area contributed by atoms with Crippen LogP contribution < -0.4 is 0 Å². The topological polar surface area (TPSA) is 82.1 Å². The van der Waals surface area contributed by atoms with E-state index in [2.05, 4.69) is 17.9 Å². The third-order valence-electron chi connectivity index (χ3n) is 1.91. The minimum atomic E-state index is -1.04. The van der Waals surface area contributed by atoms with Gasteiger partial charge < -0.3 is 19.3 Å². The molecule has 0 spiro atoms. The summed E-state index contributed by atoms with van der Waals surface area (Å²) in [4.78, 5) is 21.1. The van der Waals surface area contributed by atoms with Crippen LogP contribution in [0.15, 0.2) is 24.8 Å². The van der Waals surface area contributed by atoms with E-state index >= 15 is 0 Å². The second-order valence-electron chi connectivity index (χ2n) is 3.34. The summed E-state index contributed by atoms with van der Waals surface area (Å²) in [7, 11) is 0. The van der Waals surface area contributed by atoms with E-state index in [-0.39, 0.29) is 31.8 Å². The van der Waals surface area contributed by atoms with Crippen molar-refractivity contribution in [2.45, 2.75) is 19.6 Å². The predicted molar refractivity (Wildman–Crippen MR) is 63.9 cm³/mol. The monoisotopic (exact) mass is 258 g/mol. The fourth-order valence-corrected chi connectivity index (χ4v) is 0.918. The molecule has 0 saturated heterocycles. The lowest BCUT2D eigenvalue weighted by atomic mass is 10.2. The molecule has 0 aromatic heterocycles. The molecule has 0 aromatic carbocycles. The molecule has 6 nitrogen and oxygen atoms in total. The molecule has 18 heavy (non-hydrogen) atoms. The van der Waals surface area contributed by atoms with Crippen LogP contribution in [0.5, 0.6) is 0 Å². The molecule has 1 atom stereocenters. The van der Waals surface area contributed by atoms with Crippen LogP contribution in [0.2, 0.25) is 0 Å². The van der Waals surface area contributed by atoms with Gasteiger partial charge in [0.05, 0.1) is 13.2 Å². The zero-order valence-corrected chi connectivity index (χ0v) is 10.4. The van der Waals surface area contributed by atoms with Crippen LogP contribution in [0.4, 0.5) is 0 Å². The van der Waals surface area contributed by atoms with E-state index in [9.17, 15) is 9.59 Å². The third-order valence-corrected chi connectivity index (χ3v) is 1.91. The van der Waals surface area contributed by atoms with Crippen LogP contribution in [0, 0.1) is 0 Å². The number of rotatable bonds is 10. The maximum absolute atomic E-state index is 10.7. The second kappa shape index (κ2) is 9.38. The van der Waals surface area contributed by atoms with Crippen molar-refractivity contribution in [1.29, 1.82) is 0 Å². The molecule has 0 rings (SSSR count). The van der Waals surface area contributed by atoms with Crippen molar-refractivity contribution in [3.63, 3.8) is 0 Å². The number of ether oxygens (including phenoxy) is 3. The van der Waals surface area contributed by atoms with Crippen molar-refractivity contribution in [2.24, 2.45) is 0 Å². The van der Waals surface area contributed by atoms with E-state index in [1.54, 1.807) is 6.92 Å². The van der Waals surface area contributed by atoms with Crippen molar-refractivity contribution in [3.8, 4) is 0 Å². The molecular weight excluding hydrogens is 240 g/mol. The Hall–Kier alpha value is -1.66. The van der Waals surface area contributed by atoms with Crippen molar-refractivity contribution in [2.75, 3.05) is 19.8 Å². The molecule has 0 aliphatic heterocycles. The maximum atomic E-state index is 10.7. The molecule has 0 aliphatic carbocycles. The summed E-state index contributed by atoms with van der Waals surface area (Å²) in [5.74, 6) is -1.55. The van der Waals surface area contributed by atoms with Crippen LogP contribution in [0.25, 0.3) is 0 Å². The van der Waals surface area contributed by atoms with Crippen molar-refractivity contribution in [1.82, 2.24) is 0 Å². The first kappa shape index (κ1) is 16.3. The first-order valence-electron chi connectivity index (χ1n) is 5.40. The summed E-state index contributed by atoms with van der Waals surface area (Å²) in [5.41, 5.74) is 0.0853. The van der Waals surface area contributed by atoms with Gasteiger partial charge in [0.15, 0.2) is 6.29 Å². The molecule has 0 aliphatic rings. The largest absolute Gasteiger partial charge is 0.478 e. The third kappa shape index (κ3) is 8.49. The molecule has 0 fully saturated rings. The smallest absolute Gasteiger partial charge is 0.331 e. The molecule has 0 radical (unpaired) electrons. The van der Waals surface area contributed by atoms with Gasteiger partial charge in [-0.25, -0.2) is 9.59 Å². The van der Waals surface area contributed by atoms with Crippen LogP contribution in [0.1, 0.15) is 13.3 Å². The van der Waals surface area contributed by atoms with Gasteiger partial charge in [0.2, 0.25) is 0 Å². The maximum Gasteiger partial charge on any atom is 0.331 e. The van der Waals surface area contributed by atoms with Gasteiger partial charge >= 0.3 is 11.9 Å². The Bertz CT molecular complexity index is 310. The predicted octanol–water partition coefficient (Wildman–Crippen LogP) is 1.13. The molecule has 1 N–H and O–H groups in total. The SMILES string of the molecule is C=CC(=O)OCCOC(C)OCCC(=C)C(=O)O. The van der Waals surface area contributed by atoms with E-state index in [0.29, 0.717) is 0 Å². The Morgan fingerprint density at radius 1 is 1.28 bits per heavy atom. The average molecular weight is 258 g/mol. The minimum Gasteiger partial charge on any atom is -0.478 e. The van der Waals surface area contributed by atoms with Gasteiger partial charge in [-0.2, -0.15) is 0 Å². The fraction of sp³-hybridized carbons (Fsp3) is 0.500. The second-order valence-corrected chi connectivity index (χ2v) is 3.34. The number of aliphatic carboxylic acids is 1. The number of esters is 1. The van der Waals surface area contributed by atoms with Gasteiger partial charge in [-0.1, -0.05) is 13.2 Å². The van der Waals surface area contributed by atoms with E-state index in [1.807, 2.05) is 0 Å². The summed E-state index contributed by atoms with van der Waals surface area (Å²) >= 11 is 0. The standard InChI is InChI=1S/C12H18O6/c1-4-11(13)18-8-7-17-10(3)16-6-5-9(2)12(14)15/h4,10H,1-2,5-8H2,3H3,(H,14,15). The fourth-order valence-electron chi connectivity index (χ4n) is 0.918. The number of carboxylic acids is 1. The lowest BCUT2D eigenvalue weighted by Crippen LogP contribution is -2.18. The first-order valence-corrected chi connectivity index (χ1v) is 5.40. The number of carboxylic acid groups (broad SMARTS) is 1. The van der Waals surface area contributed by atoms with Crippen LogP contribution in [0.3, 0.4) is 0 Å². The van der Waals surface area contributed by atoms with Crippen LogP contribution in [-0.4, -0.2) is 43.2 Å². The normalized spacial score (nSPS) is 11.6. The zero-order valence-electron chi connectivity index (χ0n) is 10.4. The molecular formula is C12H18O6. The molecule has 0 bridgehead atoms. The molecule has 0 aromatic rings. The van der Waals surface area contributed by atoms with Gasteiger partial charge in [0.1, 0.15) is 6.61 Å². The van der Waals surface area contributed by atoms with Gasteiger partial charge in [0, 0.05) is 18.1 Å². The number of hydrogen-bond acceptors (Lipinski definition) is 5. The summed E-state index contributed by atoms with van der Waals surface area (Å²) < 4.78 is 15.0. The van der Waals surface area contributed by atoms with Crippen LogP contribution in [-0.2, 0) is 23.8 Å². The highest BCUT2D eigenvalue weighted by atomic mass is 16.7. The van der Waals surface area contributed by atoms with E-state index in [4.69, 9.17) is 14.6 Å². The summed E-state index contributed by atoms with van der Waals surface area (Å²) in [6, 6.07) is 0. The average Bonchev–Trinajstić information content (AvgIpc) is 2.33. The molecule has 6 heteroatoms. The Morgan fingerprint density at radius 2 is 1.89 bits per heavy atom. The van der Waals surface area contributed by atoms with Crippen molar-refractivity contribution < 1.29 is 28.9 Å². The molecule has 0 heterocycles. The number of carbonyl (C=O) groups excluding carboxylic acids is 1. The highest BCUT2D eigenvalue weighted by molar-refractivity contribution is 5.85. The Morgan fingerprint density at radius 3 is 2.44 bits per heavy atom. The lowest BCUT2D eigenvalue weighted by Gasteiger charge is -2.13. The van der Waals surface area contributed by atoms with Gasteiger partial charge in [-0.05, 0) is 6.92 Å². The first-order chi connectivity index (χ1) is 8.47. The van der Waals surface area contributed by atoms with Gasteiger partial charge in [-0.3, -0.25) is 0 Å². The van der Waals surface area contributed by atoms with Crippen molar-refractivity contribution in [3.05, 3.63) is 24.8 Å². The zero-order chi connectivity index (χ0) is 14.0. The summed E-state index contributed by atoms with van der Waals surface area (Å²) in [5, 5.41) is 8.55. The number of hydrogen-bond donors (Lipinski definition) is 1. The molecule has 0 amide bonds. The Labute approximate surface area is 106 Å². The van der Waals surface area contributed by atoms with E-state index in [1.165, 1.54) is 0 Å². The summed E-state index contributed by atoms with van der Waals surface area (Å²) in [6.07, 6.45) is 0.792. The highest BCUT2D eigenvalue weighted by Crippen LogP contribution is 2.01. The highest BCUT2D eigenvalue weighted by Gasteiger charge is 2.06. The van der Waals surface area contributed by atoms with Gasteiger partial charge in [-0.15, -0.1) is 0 Å². The van der Waals surface area contributed by atoms with E-state index in [0.717, 1.165) is 6.08 Å². The summed E-state index contributed by atoms with van der Waals surface area (Å²) in [6.45, 7) is 8.80. The Kier molecular flexibility index (Phi) is 8.51. The van der Waals surface area contributed by atoms with Crippen molar-refractivity contribution >= 4 is 11.9 Å². The van der Waals surface area contributed by atoms with E-state index < -0.39 is 18.2 Å². The van der Waals surface area contributed by atoms with Crippen LogP contribution >= 0.6 is 0 Å². The minimum absolute atomic E-state index is 0.0853. The Balaban J connectivity index is 3.51. The molecule has 102 valence electrons. The quantitative estimate of drug-likeness (QED) is 0.274. The molecule has 0 saturated carbocycles. The number of carbonyl (C=O) groups is 2. The van der Waals surface area contributed by atoms with Gasteiger partial charge in [0.25, 0.3) is 0 Å². The molecule has 1 unspecified atom stereocenters.